The van der Waals surface area contributed by atoms with Crippen LogP contribution in [0.4, 0.5) is 0 Å². The molecule has 20 heavy (non-hydrogen) atoms. The fourth-order valence-electron chi connectivity index (χ4n) is 1.90. The number of fused-ring (bicyclic) bond motifs is 1. The average molecular weight is 265 g/mol. The number of H-pyrrole nitrogens is 1. The van der Waals surface area contributed by atoms with E-state index in [9.17, 15) is 9.59 Å². The molecule has 5 nitrogen and oxygen atoms in total. The van der Waals surface area contributed by atoms with Gasteiger partial charge < -0.3 is 4.98 Å². The Morgan fingerprint density at radius 3 is 2.55 bits per heavy atom. The molecule has 0 atom stereocenters. The van der Waals surface area contributed by atoms with Crippen LogP contribution in [-0.4, -0.2) is 21.8 Å². The number of pyridine rings is 1. The molecule has 0 aliphatic heterocycles. The number of carbonyl (C=O) groups excluding carboxylic acids is 2. The van der Waals surface area contributed by atoms with Gasteiger partial charge in [-0.2, -0.15) is 0 Å². The monoisotopic (exact) mass is 265 g/mol. The maximum atomic E-state index is 12.0. The van der Waals surface area contributed by atoms with Crippen LogP contribution in [0.1, 0.15) is 20.7 Å². The molecule has 2 heterocycles. The van der Waals surface area contributed by atoms with E-state index in [-0.39, 0.29) is 0 Å². The molecule has 0 bridgehead atoms. The number of rotatable bonds is 2. The summed E-state index contributed by atoms with van der Waals surface area (Å²) in [6.07, 6.45) is 3.18. The second-order valence-corrected chi connectivity index (χ2v) is 4.29. The number of hydrogen-bond acceptors (Lipinski definition) is 3. The molecule has 0 fully saturated rings. The minimum atomic E-state index is -0.463. The first-order valence-electron chi connectivity index (χ1n) is 6.08. The van der Waals surface area contributed by atoms with Gasteiger partial charge in [0.2, 0.25) is 0 Å². The van der Waals surface area contributed by atoms with Crippen molar-refractivity contribution in [1.29, 1.82) is 0 Å². The van der Waals surface area contributed by atoms with Crippen LogP contribution in [0, 0.1) is 0 Å². The first-order valence-corrected chi connectivity index (χ1v) is 6.08. The van der Waals surface area contributed by atoms with Crippen LogP contribution >= 0.6 is 0 Å². The van der Waals surface area contributed by atoms with E-state index in [1.165, 1.54) is 6.20 Å². The average Bonchev–Trinajstić information content (AvgIpc) is 2.95. The van der Waals surface area contributed by atoms with Gasteiger partial charge in [0.1, 0.15) is 5.65 Å². The molecule has 0 unspecified atom stereocenters. The number of benzene rings is 1. The summed E-state index contributed by atoms with van der Waals surface area (Å²) < 4.78 is 0. The lowest BCUT2D eigenvalue weighted by Gasteiger charge is -2.04. The highest BCUT2D eigenvalue weighted by Gasteiger charge is 2.12. The number of imide groups is 1. The van der Waals surface area contributed by atoms with Gasteiger partial charge in [-0.05, 0) is 24.3 Å². The molecule has 0 spiro atoms. The zero-order chi connectivity index (χ0) is 13.9. The Hall–Kier alpha value is -2.95. The van der Waals surface area contributed by atoms with Crippen molar-refractivity contribution in [3.8, 4) is 0 Å². The van der Waals surface area contributed by atoms with Gasteiger partial charge in [0.15, 0.2) is 0 Å². The second-order valence-electron chi connectivity index (χ2n) is 4.29. The van der Waals surface area contributed by atoms with E-state index < -0.39 is 11.8 Å². The number of nitrogens with zero attached hydrogens (tertiary/aromatic N) is 1. The molecule has 2 aromatic heterocycles. The fourth-order valence-corrected chi connectivity index (χ4v) is 1.90. The summed E-state index contributed by atoms with van der Waals surface area (Å²) in [5, 5.41) is 3.17. The molecular formula is C15H11N3O2. The summed E-state index contributed by atoms with van der Waals surface area (Å²) >= 11 is 0. The second kappa shape index (κ2) is 4.97. The van der Waals surface area contributed by atoms with Crippen LogP contribution in [-0.2, 0) is 0 Å². The third kappa shape index (κ3) is 2.29. The van der Waals surface area contributed by atoms with Crippen molar-refractivity contribution in [3.05, 3.63) is 66.0 Å². The maximum absolute atomic E-state index is 12.0. The van der Waals surface area contributed by atoms with Gasteiger partial charge in [-0.3, -0.25) is 14.9 Å². The van der Waals surface area contributed by atoms with Crippen molar-refractivity contribution in [2.45, 2.75) is 0 Å². The van der Waals surface area contributed by atoms with Crippen molar-refractivity contribution in [2.75, 3.05) is 0 Å². The molecule has 0 aliphatic carbocycles. The van der Waals surface area contributed by atoms with E-state index in [0.29, 0.717) is 16.8 Å². The van der Waals surface area contributed by atoms with Gasteiger partial charge >= 0.3 is 0 Å². The van der Waals surface area contributed by atoms with E-state index in [4.69, 9.17) is 0 Å². The molecular weight excluding hydrogens is 254 g/mol. The molecule has 98 valence electrons. The predicted molar refractivity (Wildman–Crippen MR) is 74.3 cm³/mol. The number of amides is 2. The number of nitrogens with one attached hydrogen (secondary N) is 2. The topological polar surface area (TPSA) is 74.8 Å². The molecule has 2 N–H and O–H groups in total. The standard InChI is InChI=1S/C15H11N3O2/c19-14(10-4-2-1-3-5-10)18-15(20)12-8-11-6-7-16-13(11)17-9-12/h1-9H,(H,16,17)(H,18,19,20). The largest absolute Gasteiger partial charge is 0.346 e. The Morgan fingerprint density at radius 1 is 1.00 bits per heavy atom. The van der Waals surface area contributed by atoms with Crippen molar-refractivity contribution >= 4 is 22.8 Å². The molecule has 0 radical (unpaired) electrons. The molecule has 2 amide bonds. The summed E-state index contributed by atoms with van der Waals surface area (Å²) in [5.74, 6) is -0.890. The summed E-state index contributed by atoms with van der Waals surface area (Å²) in [4.78, 5) is 31.0. The minimum absolute atomic E-state index is 0.349. The molecule has 0 saturated carbocycles. The van der Waals surface area contributed by atoms with Gasteiger partial charge in [0, 0.05) is 23.3 Å². The first kappa shape index (κ1) is 12.1. The third-order valence-corrected chi connectivity index (χ3v) is 2.93. The van der Waals surface area contributed by atoms with Gasteiger partial charge in [0.05, 0.1) is 5.56 Å². The van der Waals surface area contributed by atoms with E-state index in [2.05, 4.69) is 15.3 Å². The summed E-state index contributed by atoms with van der Waals surface area (Å²) in [5.41, 5.74) is 1.49. The Bertz CT molecular complexity index is 778. The van der Waals surface area contributed by atoms with Gasteiger partial charge in [0.25, 0.3) is 11.8 Å². The van der Waals surface area contributed by atoms with Crippen LogP contribution in [0.15, 0.2) is 54.9 Å². The highest BCUT2D eigenvalue weighted by Crippen LogP contribution is 2.11. The molecule has 0 saturated heterocycles. The lowest BCUT2D eigenvalue weighted by Crippen LogP contribution is -2.30. The van der Waals surface area contributed by atoms with E-state index in [1.807, 2.05) is 12.1 Å². The van der Waals surface area contributed by atoms with Gasteiger partial charge in [-0.15, -0.1) is 0 Å². The first-order chi connectivity index (χ1) is 9.74. The Kier molecular flexibility index (Phi) is 3.01. The Labute approximate surface area is 114 Å². The Morgan fingerprint density at radius 2 is 1.75 bits per heavy atom. The van der Waals surface area contributed by atoms with Crippen molar-refractivity contribution in [2.24, 2.45) is 0 Å². The van der Waals surface area contributed by atoms with Crippen LogP contribution in [0.3, 0.4) is 0 Å². The van der Waals surface area contributed by atoms with E-state index >= 15 is 0 Å². The number of aromatic nitrogens is 2. The quantitative estimate of drug-likeness (QED) is 0.697. The van der Waals surface area contributed by atoms with Gasteiger partial charge in [-0.1, -0.05) is 18.2 Å². The highest BCUT2D eigenvalue weighted by molar-refractivity contribution is 6.10. The minimum Gasteiger partial charge on any atom is -0.346 e. The highest BCUT2D eigenvalue weighted by atomic mass is 16.2. The normalized spacial score (nSPS) is 10.4. The van der Waals surface area contributed by atoms with Gasteiger partial charge in [-0.25, -0.2) is 4.98 Å². The van der Waals surface area contributed by atoms with Crippen molar-refractivity contribution in [1.82, 2.24) is 15.3 Å². The van der Waals surface area contributed by atoms with E-state index in [0.717, 1.165) is 5.39 Å². The summed E-state index contributed by atoms with van der Waals surface area (Å²) in [6, 6.07) is 12.1. The molecule has 3 rings (SSSR count). The maximum Gasteiger partial charge on any atom is 0.259 e. The Balaban J connectivity index is 1.80. The predicted octanol–water partition coefficient (Wildman–Crippen LogP) is 2.13. The summed E-state index contributed by atoms with van der Waals surface area (Å²) in [7, 11) is 0. The summed E-state index contributed by atoms with van der Waals surface area (Å²) in [6.45, 7) is 0. The van der Waals surface area contributed by atoms with Crippen LogP contribution < -0.4 is 5.32 Å². The lowest BCUT2D eigenvalue weighted by atomic mass is 10.2. The van der Waals surface area contributed by atoms with Crippen LogP contribution in [0.25, 0.3) is 11.0 Å². The smallest absolute Gasteiger partial charge is 0.259 e. The zero-order valence-corrected chi connectivity index (χ0v) is 10.5. The molecule has 3 aromatic rings. The van der Waals surface area contributed by atoms with Crippen molar-refractivity contribution in [3.63, 3.8) is 0 Å². The van der Waals surface area contributed by atoms with Crippen molar-refractivity contribution < 1.29 is 9.59 Å². The molecule has 5 heteroatoms. The number of aromatic amines is 1. The number of carbonyl (C=O) groups is 2. The van der Waals surface area contributed by atoms with Crippen LogP contribution in [0.2, 0.25) is 0 Å². The third-order valence-electron chi connectivity index (χ3n) is 2.93. The van der Waals surface area contributed by atoms with Crippen LogP contribution in [0.5, 0.6) is 0 Å². The van der Waals surface area contributed by atoms with E-state index in [1.54, 1.807) is 36.5 Å². The number of hydrogen-bond donors (Lipinski definition) is 2. The lowest BCUT2D eigenvalue weighted by molar-refractivity contribution is 0.0849. The molecule has 0 aliphatic rings. The SMILES string of the molecule is O=C(NC(=O)c1cnc2[nH]ccc2c1)c1ccccc1. The fraction of sp³-hybridized carbons (Fsp3) is 0. The zero-order valence-electron chi connectivity index (χ0n) is 10.5. The molecule has 1 aromatic carbocycles.